The van der Waals surface area contributed by atoms with Crippen LogP contribution in [-0.2, 0) is 14.8 Å². The van der Waals surface area contributed by atoms with Gasteiger partial charge in [0.15, 0.2) is 0 Å². The fraction of sp³-hybridized carbons (Fsp3) is 0.471. The van der Waals surface area contributed by atoms with Crippen molar-refractivity contribution in [2.45, 2.75) is 37.6 Å². The van der Waals surface area contributed by atoms with Crippen molar-refractivity contribution in [3.63, 3.8) is 0 Å². The average Bonchev–Trinajstić information content (AvgIpc) is 3.00. The van der Waals surface area contributed by atoms with Crippen LogP contribution < -0.4 is 5.14 Å². The predicted octanol–water partition coefficient (Wildman–Crippen LogP) is 2.70. The number of rotatable bonds is 5. The second kappa shape index (κ2) is 8.50. The maximum atomic E-state index is 12.9. The molecule has 11 heteroatoms. The van der Waals surface area contributed by atoms with E-state index in [1.807, 2.05) is 0 Å². The van der Waals surface area contributed by atoms with Crippen molar-refractivity contribution in [1.29, 1.82) is 0 Å². The quantitative estimate of drug-likeness (QED) is 0.660. The van der Waals surface area contributed by atoms with Crippen molar-refractivity contribution in [3.05, 3.63) is 28.8 Å². The fourth-order valence-electron chi connectivity index (χ4n) is 3.38. The molecule has 8 nitrogen and oxygen atoms in total. The van der Waals surface area contributed by atoms with Crippen molar-refractivity contribution in [1.82, 2.24) is 0 Å². The van der Waals surface area contributed by atoms with E-state index in [0.717, 1.165) is 17.8 Å². The van der Waals surface area contributed by atoms with Crippen LogP contribution in [0.1, 0.15) is 37.0 Å². The molecule has 0 aromatic heterocycles. The molecule has 1 fully saturated rings. The smallest absolute Gasteiger partial charge is 0.435 e. The zero-order chi connectivity index (χ0) is 21.3. The van der Waals surface area contributed by atoms with Gasteiger partial charge >= 0.3 is 12.0 Å². The number of quaternary nitrogens is 1. The second-order valence-electron chi connectivity index (χ2n) is 6.89. The highest BCUT2D eigenvalue weighted by atomic mass is 35.5. The zero-order valence-electron chi connectivity index (χ0n) is 15.4. The van der Waals surface area contributed by atoms with Crippen molar-refractivity contribution in [3.8, 4) is 0 Å². The van der Waals surface area contributed by atoms with Crippen molar-refractivity contribution in [2.24, 2.45) is 11.1 Å². The Kier molecular flexibility index (Phi) is 6.93. The molecule has 1 aliphatic rings. The summed E-state index contributed by atoms with van der Waals surface area (Å²) in [7, 11) is -4.08. The lowest BCUT2D eigenvalue weighted by Gasteiger charge is -2.31. The first-order valence-corrected chi connectivity index (χ1v) is 11.5. The van der Waals surface area contributed by atoms with Gasteiger partial charge in [0.2, 0.25) is 15.1 Å². The van der Waals surface area contributed by atoms with Crippen LogP contribution in [0.3, 0.4) is 0 Å². The summed E-state index contributed by atoms with van der Waals surface area (Å²) in [6.45, 7) is 3.58. The van der Waals surface area contributed by atoms with Crippen LogP contribution in [0.4, 0.5) is 4.79 Å². The van der Waals surface area contributed by atoms with Crippen LogP contribution in [0.25, 0.3) is 0 Å². The minimum Gasteiger partial charge on any atom is -0.435 e. The van der Waals surface area contributed by atoms with Crippen LogP contribution in [0.2, 0.25) is 5.02 Å². The fourth-order valence-corrected chi connectivity index (χ4v) is 5.29. The van der Waals surface area contributed by atoms with Gasteiger partial charge in [-0.15, -0.1) is 0 Å². The number of imide groups is 1. The Hall–Kier alpha value is -1.46. The van der Waals surface area contributed by atoms with E-state index in [4.69, 9.17) is 16.7 Å². The zero-order valence-corrected chi connectivity index (χ0v) is 17.8. The first-order chi connectivity index (χ1) is 12.9. The van der Waals surface area contributed by atoms with Crippen LogP contribution >= 0.6 is 23.4 Å². The number of amides is 2. The Labute approximate surface area is 172 Å². The van der Waals surface area contributed by atoms with Gasteiger partial charge in [0, 0.05) is 24.2 Å². The molecule has 0 bridgehead atoms. The Balaban J connectivity index is 2.12. The van der Waals surface area contributed by atoms with Crippen LogP contribution in [-0.4, -0.2) is 53.5 Å². The highest BCUT2D eigenvalue weighted by Gasteiger charge is 2.54. The van der Waals surface area contributed by atoms with E-state index in [2.05, 4.69) is 0 Å². The number of carboxylic acid groups (broad SMARTS) is 1. The number of nitrogens with zero attached hydrogens (tertiary/aromatic N) is 1. The van der Waals surface area contributed by atoms with Gasteiger partial charge in [-0.25, -0.2) is 18.4 Å². The molecule has 1 unspecified atom stereocenters. The van der Waals surface area contributed by atoms with Gasteiger partial charge in [0.25, 0.3) is 0 Å². The summed E-state index contributed by atoms with van der Waals surface area (Å²) in [4.78, 5) is 36.7. The Bertz CT molecular complexity index is 920. The summed E-state index contributed by atoms with van der Waals surface area (Å²) in [6.07, 6.45) is 0.130. The Morgan fingerprint density at radius 1 is 1.39 bits per heavy atom. The number of likely N-dealkylation sites (tertiary alicyclic amines) is 1. The molecule has 3 N–H and O–H groups in total. The van der Waals surface area contributed by atoms with Crippen LogP contribution in [0.15, 0.2) is 23.1 Å². The van der Waals surface area contributed by atoms with Crippen molar-refractivity contribution >= 4 is 50.5 Å². The van der Waals surface area contributed by atoms with E-state index >= 15 is 0 Å². The van der Waals surface area contributed by atoms with E-state index < -0.39 is 37.5 Å². The minimum atomic E-state index is -4.08. The van der Waals surface area contributed by atoms with Crippen LogP contribution in [0.5, 0.6) is 0 Å². The Morgan fingerprint density at radius 3 is 2.54 bits per heavy atom. The average molecular weight is 450 g/mol. The summed E-state index contributed by atoms with van der Waals surface area (Å²) in [5, 5.41) is 14.2. The molecule has 1 heterocycles. The number of halogens is 1. The summed E-state index contributed by atoms with van der Waals surface area (Å²) in [5.41, 5.74) is 0.0785. The molecular formula is C17H22ClN2O6S2+. The number of hydrogen-bond donors (Lipinski definition) is 2. The Morgan fingerprint density at radius 2 is 2.04 bits per heavy atom. The summed E-state index contributed by atoms with van der Waals surface area (Å²) < 4.78 is 22.4. The number of primary sulfonamides is 1. The van der Waals surface area contributed by atoms with E-state index in [1.165, 1.54) is 12.1 Å². The lowest BCUT2D eigenvalue weighted by atomic mass is 10.1. The van der Waals surface area contributed by atoms with Crippen molar-refractivity contribution in [2.75, 3.05) is 12.3 Å². The normalized spacial score (nSPS) is 23.4. The molecule has 1 aliphatic heterocycles. The topological polar surface area (TPSA) is 132 Å². The third kappa shape index (κ3) is 4.41. The molecule has 28 heavy (non-hydrogen) atoms. The molecule has 1 aromatic rings. The number of nitrogens with two attached hydrogens (primary N) is 1. The van der Waals surface area contributed by atoms with Gasteiger partial charge in [0.05, 0.1) is 17.5 Å². The molecule has 1 aromatic carbocycles. The first kappa shape index (κ1) is 22.8. The molecule has 2 rings (SSSR count). The predicted molar refractivity (Wildman–Crippen MR) is 106 cm³/mol. The number of sulfonamides is 1. The molecule has 2 amide bonds. The maximum Gasteiger partial charge on any atom is 0.521 e. The van der Waals surface area contributed by atoms with E-state index in [0.29, 0.717) is 12.8 Å². The molecule has 0 spiro atoms. The van der Waals surface area contributed by atoms with Gasteiger partial charge in [-0.2, -0.15) is 9.28 Å². The molecule has 1 saturated heterocycles. The number of carbonyl (C=O) groups excluding carboxylic acids is 2. The van der Waals surface area contributed by atoms with Crippen LogP contribution in [0, 0.1) is 5.92 Å². The number of carbonyl (C=O) groups is 3. The lowest BCUT2D eigenvalue weighted by molar-refractivity contribution is -0.793. The third-order valence-electron chi connectivity index (χ3n) is 4.98. The molecule has 0 radical (unpaired) electrons. The lowest BCUT2D eigenvalue weighted by Crippen LogP contribution is -2.60. The monoisotopic (exact) mass is 449 g/mol. The summed E-state index contributed by atoms with van der Waals surface area (Å²) >= 11 is 6.63. The van der Waals surface area contributed by atoms with Gasteiger partial charge in [-0.1, -0.05) is 23.4 Å². The van der Waals surface area contributed by atoms with Gasteiger partial charge in [-0.3, -0.25) is 4.79 Å². The molecule has 0 saturated carbocycles. The van der Waals surface area contributed by atoms with Gasteiger partial charge in [0.1, 0.15) is 10.9 Å². The highest BCUT2D eigenvalue weighted by molar-refractivity contribution is 8.14. The maximum absolute atomic E-state index is 12.9. The van der Waals surface area contributed by atoms with E-state index in [-0.39, 0.29) is 33.8 Å². The number of hydrogen-bond acceptors (Lipinski definition) is 6. The molecule has 3 atom stereocenters. The van der Waals surface area contributed by atoms with E-state index in [1.54, 1.807) is 13.8 Å². The molecular weight excluding hydrogens is 428 g/mol. The van der Waals surface area contributed by atoms with Crippen molar-refractivity contribution < 1.29 is 32.4 Å². The highest BCUT2D eigenvalue weighted by Crippen LogP contribution is 2.31. The summed E-state index contributed by atoms with van der Waals surface area (Å²) in [5.74, 6) is -1.03. The molecule has 0 aliphatic carbocycles. The number of thioether (sulfide) groups is 1. The minimum absolute atomic E-state index is 0.0744. The largest absolute Gasteiger partial charge is 0.521 e. The summed E-state index contributed by atoms with van der Waals surface area (Å²) in [6, 6.07) is 3.40. The van der Waals surface area contributed by atoms with E-state index in [9.17, 15) is 27.9 Å². The SMILES string of the molecule is C[C@H](CSC(=O)c1ccc(Cl)c(S(N)(=O)=O)c1)C(=O)[N+]1(C(=O)O)CCC[C@H]1C. The standard InChI is InChI=1S/C17H21ClN2O6S2/c1-10(15(21)20(17(23)24)7-3-4-11(20)2)9-27-16(22)12-5-6-13(18)14(8-12)28(19,25)26/h5-6,8,10-11H,3-4,7,9H2,1-2H3,(H2-,19,23,24,25,26)/p+1/t10-,11-,20?/m1/s1. The van der Waals surface area contributed by atoms with Gasteiger partial charge < -0.3 is 5.11 Å². The third-order valence-corrected chi connectivity index (χ3v) is 7.54. The second-order valence-corrected chi connectivity index (χ2v) is 9.82. The first-order valence-electron chi connectivity index (χ1n) is 8.56. The number of benzene rings is 1. The van der Waals surface area contributed by atoms with Gasteiger partial charge in [-0.05, 0) is 32.0 Å². The molecule has 154 valence electrons.